The molecule has 2 saturated heterocycles. The number of halogens is 1. The lowest BCUT2D eigenvalue weighted by molar-refractivity contribution is -0.163. The van der Waals surface area contributed by atoms with Gasteiger partial charge >= 0.3 is 5.97 Å². The number of carbonyl (C=O) groups is 3. The second-order valence-corrected chi connectivity index (χ2v) is 8.74. The molecule has 1 aromatic rings. The van der Waals surface area contributed by atoms with Crippen molar-refractivity contribution in [2.24, 2.45) is 0 Å². The normalized spacial score (nSPS) is 26.0. The van der Waals surface area contributed by atoms with E-state index in [2.05, 4.69) is 5.32 Å². The van der Waals surface area contributed by atoms with Crippen LogP contribution in [0.4, 0.5) is 5.69 Å². The number of benzene rings is 1. The number of rotatable bonds is 5. The lowest BCUT2D eigenvalue weighted by Crippen LogP contribution is -2.70. The maximum Gasteiger partial charge on any atom is 0.331 e. The van der Waals surface area contributed by atoms with Gasteiger partial charge in [0.1, 0.15) is 17.5 Å². The topological polar surface area (TPSA) is 102 Å². The van der Waals surface area contributed by atoms with Crippen LogP contribution in [-0.4, -0.2) is 51.0 Å². The summed E-state index contributed by atoms with van der Waals surface area (Å²) in [5.41, 5.74) is 7.09. The van der Waals surface area contributed by atoms with Crippen LogP contribution < -0.4 is 11.1 Å². The fraction of sp³-hybridized carbons (Fsp3) is 0.471. The van der Waals surface area contributed by atoms with Crippen molar-refractivity contribution >= 4 is 46.8 Å². The number of thioether (sulfide) groups is 1. The third-order valence-corrected chi connectivity index (χ3v) is 6.26. The van der Waals surface area contributed by atoms with Crippen molar-refractivity contribution in [3.63, 3.8) is 0 Å². The highest BCUT2D eigenvalue weighted by molar-refractivity contribution is 8.01. The molecular weight excluding hydrogens is 378 g/mol. The van der Waals surface area contributed by atoms with Crippen LogP contribution in [0.25, 0.3) is 0 Å². The first-order chi connectivity index (χ1) is 12.3. The van der Waals surface area contributed by atoms with Gasteiger partial charge in [0, 0.05) is 10.4 Å². The van der Waals surface area contributed by atoms with E-state index < -0.39 is 22.8 Å². The molecule has 0 spiro atoms. The maximum atomic E-state index is 12.5. The number of anilines is 1. The van der Waals surface area contributed by atoms with Gasteiger partial charge in [-0.05, 0) is 25.5 Å². The van der Waals surface area contributed by atoms with Crippen LogP contribution in [-0.2, 0) is 25.5 Å². The summed E-state index contributed by atoms with van der Waals surface area (Å²) in [6.07, 6.45) is 0.0922. The van der Waals surface area contributed by atoms with E-state index in [1.807, 2.05) is 13.8 Å². The van der Waals surface area contributed by atoms with E-state index in [0.29, 0.717) is 11.3 Å². The summed E-state index contributed by atoms with van der Waals surface area (Å²) in [7, 11) is 0. The predicted octanol–water partition coefficient (Wildman–Crippen LogP) is 1.10. The van der Waals surface area contributed by atoms with Gasteiger partial charge in [0.05, 0.1) is 6.42 Å². The molecule has 0 aromatic heterocycles. The van der Waals surface area contributed by atoms with Crippen LogP contribution in [0.15, 0.2) is 24.3 Å². The molecule has 2 heterocycles. The number of hydrogen-bond donors (Lipinski definition) is 2. The third-order valence-electron chi connectivity index (χ3n) is 4.58. The minimum absolute atomic E-state index is 0.0922. The molecule has 2 amide bonds. The Kier molecular flexibility index (Phi) is 5.07. The fourth-order valence-corrected chi connectivity index (χ4v) is 5.08. The zero-order valence-corrected chi connectivity index (χ0v) is 16.0. The average Bonchev–Trinajstić information content (AvgIpc) is 2.83. The molecule has 7 nitrogen and oxygen atoms in total. The van der Waals surface area contributed by atoms with Crippen LogP contribution in [0.5, 0.6) is 0 Å². The molecule has 0 radical (unpaired) electrons. The Morgan fingerprint density at radius 3 is 2.73 bits per heavy atom. The van der Waals surface area contributed by atoms with Gasteiger partial charge < -0.3 is 20.7 Å². The number of esters is 1. The average molecular weight is 398 g/mol. The van der Waals surface area contributed by atoms with Crippen molar-refractivity contribution in [2.75, 3.05) is 11.8 Å². The highest BCUT2D eigenvalue weighted by Gasteiger charge is 2.64. The summed E-state index contributed by atoms with van der Waals surface area (Å²) in [4.78, 5) is 38.5. The number of carbonyl (C=O) groups excluding carboxylic acids is 3. The standard InChI is InChI=1S/C17H20ClN3O4S/c1-17(2)13(16(24)25-8-18)21-14(23)12(15(21)26-17)20-11(22)7-9-5-3-4-6-10(9)19/h3-6,12-13,15H,7-8,19H2,1-2H3,(H,20,22)/t12?,13-,15+/m0/s1. The Labute approximate surface area is 160 Å². The Bertz CT molecular complexity index is 757. The molecule has 0 saturated carbocycles. The summed E-state index contributed by atoms with van der Waals surface area (Å²) >= 11 is 6.94. The first-order valence-electron chi connectivity index (χ1n) is 8.11. The Balaban J connectivity index is 1.67. The van der Waals surface area contributed by atoms with Gasteiger partial charge in [-0.2, -0.15) is 0 Å². The molecule has 2 aliphatic rings. The second-order valence-electron chi connectivity index (χ2n) is 6.75. The van der Waals surface area contributed by atoms with E-state index in [0.717, 1.165) is 0 Å². The van der Waals surface area contributed by atoms with E-state index in [-0.39, 0.29) is 29.7 Å². The SMILES string of the molecule is CC1(C)S[C@@H]2C(NC(=O)Cc3ccccc3N)C(=O)N2[C@H]1C(=O)OCCl. The first kappa shape index (κ1) is 18.8. The summed E-state index contributed by atoms with van der Waals surface area (Å²) < 4.78 is 4.35. The first-order valence-corrected chi connectivity index (χ1v) is 9.53. The van der Waals surface area contributed by atoms with Crippen molar-refractivity contribution in [1.29, 1.82) is 0 Å². The van der Waals surface area contributed by atoms with Crippen molar-refractivity contribution in [3.8, 4) is 0 Å². The number of alkyl halides is 1. The van der Waals surface area contributed by atoms with Gasteiger partial charge in [-0.3, -0.25) is 9.59 Å². The maximum absolute atomic E-state index is 12.5. The minimum Gasteiger partial charge on any atom is -0.448 e. The van der Waals surface area contributed by atoms with Crippen molar-refractivity contribution in [1.82, 2.24) is 10.2 Å². The van der Waals surface area contributed by atoms with Gasteiger partial charge in [-0.15, -0.1) is 11.8 Å². The highest BCUT2D eigenvalue weighted by atomic mass is 35.5. The number of fused-ring (bicyclic) bond motifs is 1. The number of nitrogens with one attached hydrogen (secondary N) is 1. The number of amides is 2. The summed E-state index contributed by atoms with van der Waals surface area (Å²) in [5, 5.41) is 2.45. The van der Waals surface area contributed by atoms with E-state index in [4.69, 9.17) is 22.1 Å². The number of β-lactam (4-membered cyclic amide) rings is 1. The van der Waals surface area contributed by atoms with Gasteiger partial charge in [0.15, 0.2) is 6.07 Å². The molecular formula is C17H20ClN3O4S. The van der Waals surface area contributed by atoms with E-state index in [9.17, 15) is 14.4 Å². The number of ether oxygens (including phenoxy) is 1. The zero-order chi connectivity index (χ0) is 19.1. The summed E-state index contributed by atoms with van der Waals surface area (Å²) in [5.74, 6) is -1.11. The van der Waals surface area contributed by atoms with Gasteiger partial charge in [0.25, 0.3) is 0 Å². The summed E-state index contributed by atoms with van der Waals surface area (Å²) in [6, 6.07) is 5.45. The van der Waals surface area contributed by atoms with Gasteiger partial charge in [-0.25, -0.2) is 4.79 Å². The summed E-state index contributed by atoms with van der Waals surface area (Å²) in [6.45, 7) is 3.74. The Hall–Kier alpha value is -1.93. The number of para-hydroxylation sites is 1. The largest absolute Gasteiger partial charge is 0.448 e. The predicted molar refractivity (Wildman–Crippen MR) is 99.4 cm³/mol. The van der Waals surface area contributed by atoms with Crippen molar-refractivity contribution < 1.29 is 19.1 Å². The molecule has 2 fully saturated rings. The quantitative estimate of drug-likeness (QED) is 0.334. The molecule has 1 aromatic carbocycles. The van der Waals surface area contributed by atoms with Crippen molar-refractivity contribution in [3.05, 3.63) is 29.8 Å². The molecule has 140 valence electrons. The lowest BCUT2D eigenvalue weighted by Gasteiger charge is -2.43. The molecule has 26 heavy (non-hydrogen) atoms. The second kappa shape index (κ2) is 7.00. The van der Waals surface area contributed by atoms with Crippen LogP contribution in [0.1, 0.15) is 19.4 Å². The van der Waals surface area contributed by atoms with E-state index >= 15 is 0 Å². The molecule has 0 bridgehead atoms. The van der Waals surface area contributed by atoms with Crippen LogP contribution in [0.2, 0.25) is 0 Å². The van der Waals surface area contributed by atoms with Crippen molar-refractivity contribution in [2.45, 2.75) is 42.5 Å². The molecule has 3 rings (SSSR count). The molecule has 0 aliphatic carbocycles. The molecule has 1 unspecified atom stereocenters. The molecule has 2 aliphatic heterocycles. The zero-order valence-electron chi connectivity index (χ0n) is 14.4. The smallest absolute Gasteiger partial charge is 0.331 e. The third kappa shape index (κ3) is 3.23. The Morgan fingerprint density at radius 1 is 1.38 bits per heavy atom. The van der Waals surface area contributed by atoms with E-state index in [1.165, 1.54) is 16.7 Å². The van der Waals surface area contributed by atoms with Crippen LogP contribution >= 0.6 is 23.4 Å². The van der Waals surface area contributed by atoms with Crippen LogP contribution in [0, 0.1) is 0 Å². The molecule has 3 atom stereocenters. The number of nitrogens with two attached hydrogens (primary N) is 1. The van der Waals surface area contributed by atoms with E-state index in [1.54, 1.807) is 24.3 Å². The monoisotopic (exact) mass is 397 g/mol. The lowest BCUT2D eigenvalue weighted by atomic mass is 9.96. The minimum atomic E-state index is -0.721. The van der Waals surface area contributed by atoms with Crippen LogP contribution in [0.3, 0.4) is 0 Å². The molecule has 3 N–H and O–H groups in total. The number of nitrogens with zero attached hydrogens (tertiary/aromatic N) is 1. The highest BCUT2D eigenvalue weighted by Crippen LogP contribution is 2.51. The van der Waals surface area contributed by atoms with Gasteiger partial charge in [-0.1, -0.05) is 29.8 Å². The Morgan fingerprint density at radius 2 is 2.08 bits per heavy atom. The van der Waals surface area contributed by atoms with Gasteiger partial charge in [0.2, 0.25) is 11.8 Å². The molecule has 9 heteroatoms. The number of nitrogen functional groups attached to an aromatic ring is 1. The fourth-order valence-electron chi connectivity index (χ4n) is 3.35. The number of hydrogen-bond acceptors (Lipinski definition) is 6.